The van der Waals surface area contributed by atoms with E-state index in [0.717, 1.165) is 19.3 Å². The van der Waals surface area contributed by atoms with Crippen LogP contribution >= 0.6 is 0 Å². The van der Waals surface area contributed by atoms with Gasteiger partial charge in [0, 0.05) is 18.6 Å². The van der Waals surface area contributed by atoms with E-state index >= 15 is 0 Å². The smallest absolute Gasteiger partial charge is 0.153 e. The molecular weight excluding hydrogens is 274 g/mol. The highest BCUT2D eigenvalue weighted by Gasteiger charge is 2.35. The van der Waals surface area contributed by atoms with Gasteiger partial charge < -0.3 is 5.11 Å². The Morgan fingerprint density at radius 1 is 1.35 bits per heavy atom. The second kappa shape index (κ2) is 5.04. The van der Waals surface area contributed by atoms with Crippen molar-refractivity contribution in [2.24, 2.45) is 0 Å². The summed E-state index contributed by atoms with van der Waals surface area (Å²) in [5, 5.41) is 9.74. The van der Waals surface area contributed by atoms with Gasteiger partial charge in [0.15, 0.2) is 9.84 Å². The van der Waals surface area contributed by atoms with Crippen molar-refractivity contribution in [1.82, 2.24) is 4.90 Å². The van der Waals surface area contributed by atoms with Crippen LogP contribution in [0.25, 0.3) is 0 Å². The maximum Gasteiger partial charge on any atom is 0.153 e. The fourth-order valence-corrected chi connectivity index (χ4v) is 5.16. The van der Waals surface area contributed by atoms with Crippen molar-refractivity contribution in [1.29, 1.82) is 0 Å². The Morgan fingerprint density at radius 2 is 2.15 bits per heavy atom. The monoisotopic (exact) mass is 295 g/mol. The Labute approximate surface area is 120 Å². The summed E-state index contributed by atoms with van der Waals surface area (Å²) in [6.45, 7) is 2.59. The Kier molecular flexibility index (Phi) is 3.50. The van der Waals surface area contributed by atoms with Gasteiger partial charge >= 0.3 is 0 Å². The van der Waals surface area contributed by atoms with E-state index in [1.54, 1.807) is 6.07 Å². The van der Waals surface area contributed by atoms with Gasteiger partial charge in [0.05, 0.1) is 11.5 Å². The maximum absolute atomic E-state index is 11.7. The van der Waals surface area contributed by atoms with Crippen LogP contribution in [0, 0.1) is 0 Å². The number of rotatable bonds is 1. The maximum atomic E-state index is 11.7. The number of aromatic hydroxyl groups is 1. The molecule has 110 valence electrons. The van der Waals surface area contributed by atoms with Crippen LogP contribution in [0.5, 0.6) is 5.75 Å². The number of hydrogen-bond donors (Lipinski definition) is 1. The number of phenols is 1. The Bertz CT molecular complexity index is 612. The molecule has 0 spiro atoms. The molecule has 0 saturated carbocycles. The lowest BCUT2D eigenvalue weighted by Crippen LogP contribution is -2.49. The van der Waals surface area contributed by atoms with Crippen molar-refractivity contribution in [2.75, 3.05) is 18.1 Å². The van der Waals surface area contributed by atoms with Crippen LogP contribution in [0.15, 0.2) is 18.2 Å². The molecule has 1 aliphatic carbocycles. The standard InChI is InChI=1S/C15H21NO3S/c1-11-10-20(18,19)8-7-16(11)15-4-2-3-12-5-6-13(17)9-14(12)15/h5-6,9,11,15,17H,2-4,7-8,10H2,1H3. The van der Waals surface area contributed by atoms with Crippen molar-refractivity contribution in [3.8, 4) is 5.75 Å². The van der Waals surface area contributed by atoms with Crippen molar-refractivity contribution >= 4 is 9.84 Å². The van der Waals surface area contributed by atoms with Crippen molar-refractivity contribution < 1.29 is 13.5 Å². The molecule has 0 amide bonds. The molecule has 1 N–H and O–H groups in total. The molecule has 5 heteroatoms. The van der Waals surface area contributed by atoms with E-state index in [0.29, 0.717) is 12.3 Å². The van der Waals surface area contributed by atoms with Gasteiger partial charge in [-0.15, -0.1) is 0 Å². The summed E-state index contributed by atoms with van der Waals surface area (Å²) < 4.78 is 23.4. The third-order valence-corrected chi connectivity index (χ3v) is 6.33. The van der Waals surface area contributed by atoms with Crippen molar-refractivity contribution in [2.45, 2.75) is 38.3 Å². The summed E-state index contributed by atoms with van der Waals surface area (Å²) in [6, 6.07) is 5.89. The number of sulfone groups is 1. The number of phenolic OH excluding ortho intramolecular Hbond substituents is 1. The van der Waals surface area contributed by atoms with E-state index in [-0.39, 0.29) is 23.6 Å². The van der Waals surface area contributed by atoms with Crippen LogP contribution in [-0.2, 0) is 16.3 Å². The molecule has 1 aromatic carbocycles. The van der Waals surface area contributed by atoms with Crippen LogP contribution in [0.3, 0.4) is 0 Å². The normalized spacial score (nSPS) is 29.9. The third-order valence-electron chi connectivity index (χ3n) is 4.53. The number of aryl methyl sites for hydroxylation is 1. The fraction of sp³-hybridized carbons (Fsp3) is 0.600. The molecule has 1 saturated heterocycles. The fourth-order valence-electron chi connectivity index (χ4n) is 3.58. The van der Waals surface area contributed by atoms with E-state index in [9.17, 15) is 13.5 Å². The third kappa shape index (κ3) is 2.56. The van der Waals surface area contributed by atoms with Crippen LogP contribution in [0.4, 0.5) is 0 Å². The highest BCUT2D eigenvalue weighted by Crippen LogP contribution is 2.38. The average Bonchev–Trinajstić information content (AvgIpc) is 2.37. The minimum Gasteiger partial charge on any atom is -0.508 e. The van der Waals surface area contributed by atoms with Gasteiger partial charge in [-0.3, -0.25) is 4.90 Å². The summed E-state index contributed by atoms with van der Waals surface area (Å²) >= 11 is 0. The molecule has 2 unspecified atom stereocenters. The Hall–Kier alpha value is -1.07. The van der Waals surface area contributed by atoms with E-state index in [1.807, 2.05) is 19.1 Å². The largest absolute Gasteiger partial charge is 0.508 e. The molecule has 1 fully saturated rings. The molecule has 1 aliphatic heterocycles. The molecule has 0 aromatic heterocycles. The first kappa shape index (κ1) is 13.9. The summed E-state index contributed by atoms with van der Waals surface area (Å²) in [5.74, 6) is 0.799. The SMILES string of the molecule is CC1CS(=O)(=O)CCN1C1CCCc2ccc(O)cc21. The van der Waals surface area contributed by atoms with Crippen LogP contribution < -0.4 is 0 Å². The minimum atomic E-state index is -2.88. The number of nitrogens with zero attached hydrogens (tertiary/aromatic N) is 1. The van der Waals surface area contributed by atoms with Gasteiger partial charge in [-0.25, -0.2) is 8.42 Å². The van der Waals surface area contributed by atoms with Crippen LogP contribution in [0.1, 0.15) is 36.9 Å². The molecule has 4 nitrogen and oxygen atoms in total. The van der Waals surface area contributed by atoms with Gasteiger partial charge in [0.25, 0.3) is 0 Å². The van der Waals surface area contributed by atoms with E-state index in [1.165, 1.54) is 11.1 Å². The molecule has 2 aliphatic rings. The average molecular weight is 295 g/mol. The van der Waals surface area contributed by atoms with Gasteiger partial charge in [-0.05, 0) is 49.4 Å². The van der Waals surface area contributed by atoms with Crippen LogP contribution in [0.2, 0.25) is 0 Å². The second-order valence-electron chi connectivity index (χ2n) is 5.99. The molecule has 0 radical (unpaired) electrons. The highest BCUT2D eigenvalue weighted by atomic mass is 32.2. The topological polar surface area (TPSA) is 57.6 Å². The highest BCUT2D eigenvalue weighted by molar-refractivity contribution is 7.91. The molecule has 1 aromatic rings. The quantitative estimate of drug-likeness (QED) is 0.859. The molecule has 20 heavy (non-hydrogen) atoms. The molecular formula is C15H21NO3S. The van der Waals surface area contributed by atoms with Gasteiger partial charge in [-0.2, -0.15) is 0 Å². The number of hydrogen-bond acceptors (Lipinski definition) is 4. The second-order valence-corrected chi connectivity index (χ2v) is 8.22. The van der Waals surface area contributed by atoms with Crippen LogP contribution in [-0.4, -0.2) is 42.5 Å². The molecule has 0 bridgehead atoms. The zero-order chi connectivity index (χ0) is 14.3. The van der Waals surface area contributed by atoms with Crippen molar-refractivity contribution in [3.63, 3.8) is 0 Å². The van der Waals surface area contributed by atoms with Crippen molar-refractivity contribution in [3.05, 3.63) is 29.3 Å². The Balaban J connectivity index is 1.91. The predicted molar refractivity (Wildman–Crippen MR) is 78.6 cm³/mol. The van der Waals surface area contributed by atoms with E-state index in [2.05, 4.69) is 4.90 Å². The summed E-state index contributed by atoms with van der Waals surface area (Å²) in [6.07, 6.45) is 3.21. The lowest BCUT2D eigenvalue weighted by Gasteiger charge is -2.42. The van der Waals surface area contributed by atoms with E-state index in [4.69, 9.17) is 0 Å². The zero-order valence-corrected chi connectivity index (χ0v) is 12.6. The van der Waals surface area contributed by atoms with Gasteiger partial charge in [-0.1, -0.05) is 6.07 Å². The summed E-state index contributed by atoms with van der Waals surface area (Å²) in [5.41, 5.74) is 2.47. The first-order valence-electron chi connectivity index (χ1n) is 7.24. The lowest BCUT2D eigenvalue weighted by atomic mass is 9.86. The summed E-state index contributed by atoms with van der Waals surface area (Å²) in [7, 11) is -2.88. The molecule has 3 rings (SSSR count). The first-order chi connectivity index (χ1) is 9.46. The minimum absolute atomic E-state index is 0.0482. The van der Waals surface area contributed by atoms with Gasteiger partial charge in [0.2, 0.25) is 0 Å². The first-order valence-corrected chi connectivity index (χ1v) is 9.06. The predicted octanol–water partition coefficient (Wildman–Crippen LogP) is 1.89. The Morgan fingerprint density at radius 3 is 2.90 bits per heavy atom. The summed E-state index contributed by atoms with van der Waals surface area (Å²) in [4.78, 5) is 2.30. The van der Waals surface area contributed by atoms with E-state index < -0.39 is 9.84 Å². The molecule has 2 atom stereocenters. The molecule has 1 heterocycles. The number of benzene rings is 1. The van der Waals surface area contributed by atoms with Gasteiger partial charge in [0.1, 0.15) is 5.75 Å². The lowest BCUT2D eigenvalue weighted by molar-refractivity contribution is 0.142. The number of fused-ring (bicyclic) bond motifs is 1. The zero-order valence-electron chi connectivity index (χ0n) is 11.7.